The van der Waals surface area contributed by atoms with E-state index in [2.05, 4.69) is 34.2 Å². The van der Waals surface area contributed by atoms with Gasteiger partial charge in [0.15, 0.2) is 5.96 Å². The van der Waals surface area contributed by atoms with Crippen molar-refractivity contribution in [1.82, 2.24) is 15.5 Å². The standard InChI is InChI=1S/C17H34N4OS/c1-3-18-17(20-14-16-5-4-12-23-16)19-13-15-6-8-21(9-7-15)10-11-22-2/h15-16H,3-14H2,1-2H3,(H2,18,19,20). The van der Waals surface area contributed by atoms with Crippen LogP contribution in [-0.2, 0) is 4.74 Å². The summed E-state index contributed by atoms with van der Waals surface area (Å²) >= 11 is 2.09. The second-order valence-corrected chi connectivity index (χ2v) is 7.92. The highest BCUT2D eigenvalue weighted by atomic mass is 32.2. The van der Waals surface area contributed by atoms with E-state index in [1.54, 1.807) is 7.11 Å². The molecule has 2 N–H and O–H groups in total. The molecule has 0 radical (unpaired) electrons. The third-order valence-corrected chi connectivity index (χ3v) is 6.09. The molecule has 0 bridgehead atoms. The van der Waals surface area contributed by atoms with Crippen LogP contribution < -0.4 is 10.6 Å². The van der Waals surface area contributed by atoms with Crippen LogP contribution in [0.1, 0.15) is 32.6 Å². The summed E-state index contributed by atoms with van der Waals surface area (Å²) in [6.45, 7) is 9.34. The number of rotatable bonds is 8. The number of likely N-dealkylation sites (tertiary alicyclic amines) is 1. The van der Waals surface area contributed by atoms with Crippen LogP contribution in [0.3, 0.4) is 0 Å². The molecule has 2 fully saturated rings. The van der Waals surface area contributed by atoms with E-state index < -0.39 is 0 Å². The molecule has 0 amide bonds. The average Bonchev–Trinajstić information content (AvgIpc) is 3.10. The van der Waals surface area contributed by atoms with Crippen LogP contribution in [0.5, 0.6) is 0 Å². The fourth-order valence-electron chi connectivity index (χ4n) is 3.19. The monoisotopic (exact) mass is 342 g/mol. The number of thioether (sulfide) groups is 1. The zero-order valence-electron chi connectivity index (χ0n) is 14.9. The van der Waals surface area contributed by atoms with Gasteiger partial charge in [0.05, 0.1) is 6.61 Å². The molecule has 2 heterocycles. The van der Waals surface area contributed by atoms with Crippen molar-refractivity contribution in [3.63, 3.8) is 0 Å². The topological polar surface area (TPSA) is 48.9 Å². The number of nitrogens with one attached hydrogen (secondary N) is 2. The van der Waals surface area contributed by atoms with Gasteiger partial charge < -0.3 is 20.3 Å². The minimum Gasteiger partial charge on any atom is -0.383 e. The minimum atomic E-state index is 0.727. The smallest absolute Gasteiger partial charge is 0.191 e. The Morgan fingerprint density at radius 2 is 2.09 bits per heavy atom. The molecule has 0 aromatic heterocycles. The molecule has 0 aromatic rings. The van der Waals surface area contributed by atoms with E-state index in [1.165, 1.54) is 44.5 Å². The first-order valence-corrected chi connectivity index (χ1v) is 10.2. The summed E-state index contributed by atoms with van der Waals surface area (Å²) in [4.78, 5) is 7.33. The molecular weight excluding hydrogens is 308 g/mol. The summed E-state index contributed by atoms with van der Waals surface area (Å²) in [6, 6.07) is 0. The minimum absolute atomic E-state index is 0.727. The highest BCUT2D eigenvalue weighted by Gasteiger charge is 2.19. The third-order valence-electron chi connectivity index (χ3n) is 4.69. The molecular formula is C17H34N4OS. The van der Waals surface area contributed by atoms with E-state index in [0.29, 0.717) is 0 Å². The van der Waals surface area contributed by atoms with E-state index in [1.807, 2.05) is 0 Å². The van der Waals surface area contributed by atoms with Crippen LogP contribution >= 0.6 is 11.8 Å². The van der Waals surface area contributed by atoms with Gasteiger partial charge in [0, 0.05) is 38.5 Å². The summed E-state index contributed by atoms with van der Waals surface area (Å²) < 4.78 is 5.16. The Morgan fingerprint density at radius 3 is 2.74 bits per heavy atom. The van der Waals surface area contributed by atoms with Gasteiger partial charge in [-0.3, -0.25) is 4.99 Å². The Morgan fingerprint density at radius 1 is 1.26 bits per heavy atom. The highest BCUT2D eigenvalue weighted by molar-refractivity contribution is 8.00. The predicted octanol–water partition coefficient (Wildman–Crippen LogP) is 1.80. The number of hydrogen-bond donors (Lipinski definition) is 2. The molecule has 0 saturated carbocycles. The number of ether oxygens (including phenoxy) is 1. The molecule has 0 aromatic carbocycles. The molecule has 2 rings (SSSR count). The Bertz CT molecular complexity index is 339. The Kier molecular flexibility index (Phi) is 9.15. The van der Waals surface area contributed by atoms with Crippen LogP contribution in [-0.4, -0.2) is 74.8 Å². The highest BCUT2D eigenvalue weighted by Crippen LogP contribution is 2.25. The fraction of sp³-hybridized carbons (Fsp3) is 0.941. The number of nitrogens with zero attached hydrogens (tertiary/aromatic N) is 2. The van der Waals surface area contributed by atoms with Crippen molar-refractivity contribution in [3.05, 3.63) is 0 Å². The molecule has 134 valence electrons. The van der Waals surface area contributed by atoms with Gasteiger partial charge in [0.2, 0.25) is 0 Å². The Hall–Kier alpha value is -0.460. The van der Waals surface area contributed by atoms with Crippen molar-refractivity contribution < 1.29 is 4.74 Å². The maximum atomic E-state index is 5.16. The maximum absolute atomic E-state index is 5.16. The van der Waals surface area contributed by atoms with Gasteiger partial charge in [-0.05, 0) is 57.4 Å². The van der Waals surface area contributed by atoms with Gasteiger partial charge in [0.25, 0.3) is 0 Å². The first kappa shape index (κ1) is 18.9. The van der Waals surface area contributed by atoms with Crippen molar-refractivity contribution in [2.75, 3.05) is 58.7 Å². The largest absolute Gasteiger partial charge is 0.383 e. The maximum Gasteiger partial charge on any atom is 0.191 e. The second-order valence-electron chi connectivity index (χ2n) is 6.51. The van der Waals surface area contributed by atoms with Gasteiger partial charge in [0.1, 0.15) is 0 Å². The van der Waals surface area contributed by atoms with Crippen LogP contribution in [0.2, 0.25) is 0 Å². The first-order chi connectivity index (χ1) is 11.3. The van der Waals surface area contributed by atoms with Crippen molar-refractivity contribution >= 4 is 17.7 Å². The number of aliphatic imine (C=N–C) groups is 1. The molecule has 2 aliphatic rings. The molecule has 1 atom stereocenters. The normalized spacial score (nSPS) is 24.1. The molecule has 5 nitrogen and oxygen atoms in total. The van der Waals surface area contributed by atoms with E-state index in [4.69, 9.17) is 9.73 Å². The lowest BCUT2D eigenvalue weighted by molar-refractivity contribution is 0.121. The van der Waals surface area contributed by atoms with Crippen LogP contribution in [0, 0.1) is 5.92 Å². The lowest BCUT2D eigenvalue weighted by atomic mass is 9.97. The molecule has 6 heteroatoms. The lowest BCUT2D eigenvalue weighted by Gasteiger charge is -2.31. The predicted molar refractivity (Wildman–Crippen MR) is 101 cm³/mol. The van der Waals surface area contributed by atoms with Crippen LogP contribution in [0.15, 0.2) is 4.99 Å². The summed E-state index contributed by atoms with van der Waals surface area (Å²) in [5.41, 5.74) is 0. The summed E-state index contributed by atoms with van der Waals surface area (Å²) in [7, 11) is 1.78. The van der Waals surface area contributed by atoms with Gasteiger partial charge >= 0.3 is 0 Å². The number of methoxy groups -OCH3 is 1. The van der Waals surface area contributed by atoms with Gasteiger partial charge in [-0.2, -0.15) is 11.8 Å². The average molecular weight is 343 g/mol. The fourth-order valence-corrected chi connectivity index (χ4v) is 4.39. The van der Waals surface area contributed by atoms with Gasteiger partial charge in [-0.1, -0.05) is 0 Å². The third kappa shape index (κ3) is 7.31. The zero-order valence-corrected chi connectivity index (χ0v) is 15.7. The van der Waals surface area contributed by atoms with E-state index in [-0.39, 0.29) is 0 Å². The van der Waals surface area contributed by atoms with E-state index in [9.17, 15) is 0 Å². The SMILES string of the molecule is CCNC(=NCC1CCN(CCOC)CC1)NCC1CCCS1. The second kappa shape index (κ2) is 11.2. The molecule has 0 aliphatic carbocycles. The molecule has 23 heavy (non-hydrogen) atoms. The summed E-state index contributed by atoms with van der Waals surface area (Å²) in [5.74, 6) is 3.05. The van der Waals surface area contributed by atoms with Crippen molar-refractivity contribution in [2.45, 2.75) is 37.9 Å². The number of guanidine groups is 1. The van der Waals surface area contributed by atoms with Crippen molar-refractivity contribution in [3.8, 4) is 0 Å². The quantitative estimate of drug-likeness (QED) is 0.520. The van der Waals surface area contributed by atoms with Crippen LogP contribution in [0.4, 0.5) is 0 Å². The molecule has 2 saturated heterocycles. The number of piperidine rings is 1. The Labute approximate surface area is 146 Å². The van der Waals surface area contributed by atoms with Crippen molar-refractivity contribution in [1.29, 1.82) is 0 Å². The van der Waals surface area contributed by atoms with Gasteiger partial charge in [-0.25, -0.2) is 0 Å². The Balaban J connectivity index is 1.68. The lowest BCUT2D eigenvalue weighted by Crippen LogP contribution is -2.41. The summed E-state index contributed by atoms with van der Waals surface area (Å²) in [5, 5.41) is 7.68. The number of hydrogen-bond acceptors (Lipinski definition) is 4. The zero-order chi connectivity index (χ0) is 16.3. The molecule has 0 spiro atoms. The molecule has 2 aliphatic heterocycles. The van der Waals surface area contributed by atoms with Gasteiger partial charge in [-0.15, -0.1) is 0 Å². The van der Waals surface area contributed by atoms with E-state index in [0.717, 1.165) is 49.9 Å². The van der Waals surface area contributed by atoms with Crippen LogP contribution in [0.25, 0.3) is 0 Å². The van der Waals surface area contributed by atoms with Crippen molar-refractivity contribution in [2.24, 2.45) is 10.9 Å². The first-order valence-electron chi connectivity index (χ1n) is 9.17. The summed E-state index contributed by atoms with van der Waals surface area (Å²) in [6.07, 6.45) is 5.22. The van der Waals surface area contributed by atoms with E-state index >= 15 is 0 Å². The molecule has 1 unspecified atom stereocenters.